The molecule has 1 saturated heterocycles. The molecule has 7 heteroatoms. The van der Waals surface area contributed by atoms with Gasteiger partial charge in [0.2, 0.25) is 5.89 Å². The third kappa shape index (κ3) is 3.24. The molecule has 3 heterocycles. The van der Waals surface area contributed by atoms with E-state index in [1.807, 2.05) is 24.3 Å². The number of hydrogen-bond acceptors (Lipinski definition) is 6. The molecule has 3 aromatic rings. The van der Waals surface area contributed by atoms with Gasteiger partial charge in [-0.1, -0.05) is 12.1 Å². The minimum atomic E-state index is 0. The van der Waals surface area contributed by atoms with Crippen molar-refractivity contribution < 1.29 is 72.0 Å². The van der Waals surface area contributed by atoms with Crippen LogP contribution < -0.4 is 58.2 Å². The van der Waals surface area contributed by atoms with E-state index in [0.717, 1.165) is 17.7 Å². The average molecular weight is 354 g/mol. The molecule has 1 aromatic carbocycles. The van der Waals surface area contributed by atoms with Crippen LogP contribution >= 0.6 is 0 Å². The molecule has 6 nitrogen and oxygen atoms in total. The average Bonchev–Trinajstić information content (AvgIpc) is 3.04. The third-order valence-electron chi connectivity index (χ3n) is 3.06. The Morgan fingerprint density at radius 2 is 1.90 bits per heavy atom. The molecule has 0 N–H and O–H groups in total. The molecule has 1 fully saturated rings. The molecule has 1 unspecified atom stereocenters. The molecule has 1 aliphatic heterocycles. The molecule has 21 heavy (non-hydrogen) atoms. The maximum absolute atomic E-state index is 5.23. The number of aryl methyl sites for hydroxylation is 1. The first-order valence-electron chi connectivity index (χ1n) is 6.21. The minimum absolute atomic E-state index is 0. The largest absolute Gasteiger partial charge is 1.00 e. The minimum Gasteiger partial charge on any atom is -0.394 e. The van der Waals surface area contributed by atoms with Gasteiger partial charge in [-0.25, -0.2) is 0 Å². The van der Waals surface area contributed by atoms with Gasteiger partial charge in [-0.3, -0.25) is 4.98 Å². The van der Waals surface area contributed by atoms with Crippen molar-refractivity contribution in [2.75, 3.05) is 6.61 Å². The van der Waals surface area contributed by atoms with Gasteiger partial charge in [-0.2, -0.15) is 11.2 Å². The van der Waals surface area contributed by atoms with Crippen molar-refractivity contribution in [2.45, 2.75) is 13.0 Å². The molecule has 2 aromatic heterocycles. The SMILES string of the molecule is Cc1[c-]c(-c2noc(-c3ccc(C4CO4)cc3)n2)on1.[Rb+]. The number of epoxide rings is 1. The molecule has 0 amide bonds. The number of rotatable bonds is 3. The first-order chi connectivity index (χ1) is 9.79. The van der Waals surface area contributed by atoms with E-state index in [9.17, 15) is 0 Å². The molecular formula is C14H10N3O3Rb. The zero-order valence-electron chi connectivity index (χ0n) is 11.7. The Morgan fingerprint density at radius 3 is 2.52 bits per heavy atom. The van der Waals surface area contributed by atoms with Gasteiger partial charge in [0, 0.05) is 11.3 Å². The van der Waals surface area contributed by atoms with Gasteiger partial charge in [0.25, 0.3) is 0 Å². The molecule has 0 aliphatic carbocycles. The quantitative estimate of drug-likeness (QED) is 0.470. The van der Waals surface area contributed by atoms with Crippen molar-refractivity contribution in [1.82, 2.24) is 15.3 Å². The molecule has 0 bridgehead atoms. The molecule has 0 radical (unpaired) electrons. The molecule has 0 saturated carbocycles. The number of benzene rings is 1. The fraction of sp³-hybridized carbons (Fsp3) is 0.214. The van der Waals surface area contributed by atoms with Gasteiger partial charge < -0.3 is 13.8 Å². The van der Waals surface area contributed by atoms with Crippen LogP contribution in [0.4, 0.5) is 0 Å². The van der Waals surface area contributed by atoms with Gasteiger partial charge in [0.05, 0.1) is 12.4 Å². The number of aromatic nitrogens is 3. The van der Waals surface area contributed by atoms with Crippen LogP contribution in [-0.2, 0) is 4.74 Å². The van der Waals surface area contributed by atoms with E-state index in [1.165, 1.54) is 0 Å². The summed E-state index contributed by atoms with van der Waals surface area (Å²) in [5.74, 6) is 1.15. The Bertz CT molecular complexity index is 747. The van der Waals surface area contributed by atoms with Crippen LogP contribution in [0.5, 0.6) is 0 Å². The van der Waals surface area contributed by atoms with E-state index < -0.39 is 0 Å². The Kier molecular flexibility index (Phi) is 4.51. The maximum Gasteiger partial charge on any atom is 1.00 e. The van der Waals surface area contributed by atoms with Crippen molar-refractivity contribution in [2.24, 2.45) is 0 Å². The van der Waals surface area contributed by atoms with Crippen molar-refractivity contribution in [1.29, 1.82) is 0 Å². The first kappa shape index (κ1) is 15.2. The smallest absolute Gasteiger partial charge is 0.394 e. The molecule has 100 valence electrons. The third-order valence-corrected chi connectivity index (χ3v) is 3.06. The van der Waals surface area contributed by atoms with Crippen molar-refractivity contribution in [3.8, 4) is 23.0 Å². The number of ether oxygens (including phenoxy) is 1. The number of nitrogens with zero attached hydrogens (tertiary/aromatic N) is 3. The Hall–Kier alpha value is -0.665. The van der Waals surface area contributed by atoms with Crippen LogP contribution in [-0.4, -0.2) is 21.9 Å². The number of hydrogen-bond donors (Lipinski definition) is 0. The summed E-state index contributed by atoms with van der Waals surface area (Å²) < 4.78 is 15.5. The summed E-state index contributed by atoms with van der Waals surface area (Å²) in [6, 6.07) is 10.8. The van der Waals surface area contributed by atoms with E-state index >= 15 is 0 Å². The van der Waals surface area contributed by atoms with Gasteiger partial charge in [0.15, 0.2) is 0 Å². The Balaban J connectivity index is 0.00000132. The van der Waals surface area contributed by atoms with Crippen LogP contribution in [0.1, 0.15) is 17.4 Å². The van der Waals surface area contributed by atoms with E-state index in [-0.39, 0.29) is 64.3 Å². The zero-order valence-corrected chi connectivity index (χ0v) is 16.6. The molecular weight excluding hydrogens is 344 g/mol. The Labute approximate surface area is 169 Å². The predicted molar refractivity (Wildman–Crippen MR) is 67.5 cm³/mol. The van der Waals surface area contributed by atoms with E-state index in [1.54, 1.807) is 6.92 Å². The van der Waals surface area contributed by atoms with Crippen molar-refractivity contribution >= 4 is 0 Å². The van der Waals surface area contributed by atoms with Crippen LogP contribution in [0.15, 0.2) is 33.3 Å². The standard InChI is InChI=1S/C14H10N3O3.Rb/c1-8-6-11(19-16-8)13-15-14(20-17-13)10-4-2-9(3-5-10)12-7-18-12;/h2-5,12H,7H2,1H3;/q-1;+1. The van der Waals surface area contributed by atoms with Crippen molar-refractivity contribution in [3.05, 3.63) is 41.6 Å². The van der Waals surface area contributed by atoms with Crippen LogP contribution in [0.2, 0.25) is 0 Å². The second-order valence-corrected chi connectivity index (χ2v) is 4.59. The van der Waals surface area contributed by atoms with Crippen LogP contribution in [0.3, 0.4) is 0 Å². The monoisotopic (exact) mass is 353 g/mol. The zero-order chi connectivity index (χ0) is 13.5. The molecule has 4 rings (SSSR count). The summed E-state index contributed by atoms with van der Waals surface area (Å²) in [5, 5.41) is 7.62. The predicted octanol–water partition coefficient (Wildman–Crippen LogP) is -0.424. The summed E-state index contributed by atoms with van der Waals surface area (Å²) in [7, 11) is 0. The molecule has 0 spiro atoms. The summed E-state index contributed by atoms with van der Waals surface area (Å²) in [4.78, 5) is 4.28. The fourth-order valence-corrected chi connectivity index (χ4v) is 1.93. The maximum atomic E-state index is 5.23. The van der Waals surface area contributed by atoms with E-state index in [4.69, 9.17) is 13.8 Å². The summed E-state index contributed by atoms with van der Waals surface area (Å²) in [5.41, 5.74) is 2.66. The van der Waals surface area contributed by atoms with Crippen LogP contribution in [0, 0.1) is 13.0 Å². The van der Waals surface area contributed by atoms with Gasteiger partial charge in [-0.15, -0.1) is 5.16 Å². The normalized spacial score (nSPS) is 16.5. The van der Waals surface area contributed by atoms with E-state index in [2.05, 4.69) is 21.4 Å². The molecule has 1 atom stereocenters. The van der Waals surface area contributed by atoms with Crippen molar-refractivity contribution in [3.63, 3.8) is 0 Å². The summed E-state index contributed by atoms with van der Waals surface area (Å²) in [6.45, 7) is 2.58. The summed E-state index contributed by atoms with van der Waals surface area (Å²) in [6.07, 6.45) is 0.245. The second-order valence-electron chi connectivity index (χ2n) is 4.59. The second kappa shape index (κ2) is 6.22. The molecule has 1 aliphatic rings. The van der Waals surface area contributed by atoms with Gasteiger partial charge in [0.1, 0.15) is 6.10 Å². The van der Waals surface area contributed by atoms with Gasteiger partial charge >= 0.3 is 58.2 Å². The van der Waals surface area contributed by atoms with Gasteiger partial charge in [-0.05, 0) is 30.3 Å². The van der Waals surface area contributed by atoms with Crippen LogP contribution in [0.25, 0.3) is 23.0 Å². The topological polar surface area (TPSA) is 77.5 Å². The van der Waals surface area contributed by atoms with E-state index in [0.29, 0.717) is 23.2 Å². The fourth-order valence-electron chi connectivity index (χ4n) is 1.93. The Morgan fingerprint density at radius 1 is 1.14 bits per heavy atom. The first-order valence-corrected chi connectivity index (χ1v) is 6.21. The summed E-state index contributed by atoms with van der Waals surface area (Å²) >= 11 is 0.